The van der Waals surface area contributed by atoms with Crippen molar-refractivity contribution in [2.24, 2.45) is 0 Å². The molecule has 0 spiro atoms. The zero-order valence-corrected chi connectivity index (χ0v) is 8.75. The van der Waals surface area contributed by atoms with E-state index in [1.807, 2.05) is 0 Å². The number of non-ortho nitro benzene ring substituents is 1. The number of carbonyl (C=O) groups is 1. The minimum absolute atomic E-state index is 0.115. The maximum absolute atomic E-state index is 13.5. The first kappa shape index (κ1) is 11.8. The van der Waals surface area contributed by atoms with Gasteiger partial charge in [-0.15, -0.1) is 0 Å². The van der Waals surface area contributed by atoms with Gasteiger partial charge < -0.3 is 14.3 Å². The van der Waals surface area contributed by atoms with Crippen molar-refractivity contribution in [3.63, 3.8) is 0 Å². The fourth-order valence-corrected chi connectivity index (χ4v) is 1.41. The Bertz CT molecular complexity index is 634. The van der Waals surface area contributed by atoms with Crippen molar-refractivity contribution in [2.45, 2.75) is 0 Å². The number of hydrogen-bond acceptors (Lipinski definition) is 5. The minimum Gasteiger partial charge on any atom is -0.542 e. The van der Waals surface area contributed by atoms with E-state index < -0.39 is 22.5 Å². The molecule has 0 bridgehead atoms. The molecule has 6 nitrogen and oxygen atoms in total. The molecule has 0 fully saturated rings. The first-order valence-electron chi connectivity index (χ1n) is 4.74. The number of halogens is 1. The average Bonchev–Trinajstić information content (AvgIpc) is 2.78. The van der Waals surface area contributed by atoms with Crippen LogP contribution in [0.3, 0.4) is 0 Å². The second-order valence-corrected chi connectivity index (χ2v) is 3.37. The van der Waals surface area contributed by atoms with Crippen LogP contribution in [-0.2, 0) is 0 Å². The molecule has 2 rings (SSSR count). The summed E-state index contributed by atoms with van der Waals surface area (Å²) < 4.78 is 18.3. The van der Waals surface area contributed by atoms with Gasteiger partial charge in [0.25, 0.3) is 5.69 Å². The Morgan fingerprint density at radius 1 is 1.28 bits per heavy atom. The topological polar surface area (TPSA) is 96.4 Å². The van der Waals surface area contributed by atoms with Crippen LogP contribution >= 0.6 is 0 Å². The molecule has 2 aromatic rings. The van der Waals surface area contributed by atoms with E-state index in [1.165, 1.54) is 6.07 Å². The lowest BCUT2D eigenvalue weighted by atomic mass is 10.1. The number of hydrogen-bond donors (Lipinski definition) is 0. The molecule has 92 valence electrons. The molecule has 0 aliphatic rings. The number of nitro groups is 1. The molecule has 0 saturated carbocycles. The Morgan fingerprint density at radius 2 is 2.00 bits per heavy atom. The van der Waals surface area contributed by atoms with Crippen molar-refractivity contribution in [3.8, 4) is 11.3 Å². The van der Waals surface area contributed by atoms with Crippen molar-refractivity contribution in [1.82, 2.24) is 0 Å². The molecule has 0 atom stereocenters. The highest BCUT2D eigenvalue weighted by Gasteiger charge is 2.15. The van der Waals surface area contributed by atoms with Gasteiger partial charge in [-0.1, -0.05) is 0 Å². The number of furan rings is 1. The number of carbonyl (C=O) groups excluding carboxylic acids is 1. The van der Waals surface area contributed by atoms with E-state index in [9.17, 15) is 24.4 Å². The van der Waals surface area contributed by atoms with Gasteiger partial charge in [0, 0.05) is 12.1 Å². The van der Waals surface area contributed by atoms with E-state index >= 15 is 0 Å². The first-order chi connectivity index (χ1) is 8.49. The van der Waals surface area contributed by atoms with Crippen LogP contribution in [0.25, 0.3) is 11.3 Å². The molecule has 1 aromatic heterocycles. The van der Waals surface area contributed by atoms with Gasteiger partial charge in [0.05, 0.1) is 10.5 Å². The molecular weight excluding hydrogens is 245 g/mol. The van der Waals surface area contributed by atoms with Crippen LogP contribution in [0.4, 0.5) is 10.1 Å². The molecule has 0 radical (unpaired) electrons. The number of nitro benzene ring substituents is 1. The van der Waals surface area contributed by atoms with Gasteiger partial charge in [-0.3, -0.25) is 10.1 Å². The molecule has 0 saturated heterocycles. The lowest BCUT2D eigenvalue weighted by Crippen LogP contribution is -2.21. The van der Waals surface area contributed by atoms with Crippen molar-refractivity contribution in [2.75, 3.05) is 0 Å². The van der Waals surface area contributed by atoms with Crippen LogP contribution in [0.15, 0.2) is 34.7 Å². The second kappa shape index (κ2) is 4.28. The molecule has 0 aliphatic heterocycles. The zero-order chi connectivity index (χ0) is 13.3. The first-order valence-corrected chi connectivity index (χ1v) is 4.74. The fourth-order valence-electron chi connectivity index (χ4n) is 1.41. The monoisotopic (exact) mass is 250 g/mol. The summed E-state index contributed by atoms with van der Waals surface area (Å²) in [5.74, 6) is -2.89. The predicted octanol–water partition coefficient (Wildman–Crippen LogP) is 1.36. The third-order valence-electron chi connectivity index (χ3n) is 2.23. The Balaban J connectivity index is 2.51. The van der Waals surface area contributed by atoms with E-state index in [4.69, 9.17) is 4.42 Å². The number of aromatic carboxylic acids is 1. The van der Waals surface area contributed by atoms with Gasteiger partial charge in [-0.25, -0.2) is 4.39 Å². The van der Waals surface area contributed by atoms with Gasteiger partial charge in [0.2, 0.25) is 0 Å². The van der Waals surface area contributed by atoms with Gasteiger partial charge in [0.15, 0.2) is 0 Å². The standard InChI is InChI=1S/C11H6FNO5/c12-8-2-1-6(13(16)17)5-7(8)9-3-4-10(18-9)11(14)15/h1-5H,(H,14,15)/p-1. The van der Waals surface area contributed by atoms with Crippen LogP contribution in [0.1, 0.15) is 10.6 Å². The van der Waals surface area contributed by atoms with Gasteiger partial charge in [-0.2, -0.15) is 0 Å². The molecule has 1 heterocycles. The smallest absolute Gasteiger partial charge is 0.270 e. The summed E-state index contributed by atoms with van der Waals surface area (Å²) in [5.41, 5.74) is -0.505. The molecule has 0 N–H and O–H groups in total. The lowest BCUT2D eigenvalue weighted by Gasteiger charge is -2.00. The molecule has 1 aromatic carbocycles. The summed E-state index contributed by atoms with van der Waals surface area (Å²) in [6.45, 7) is 0. The predicted molar refractivity (Wildman–Crippen MR) is 55.1 cm³/mol. The normalized spacial score (nSPS) is 10.3. The van der Waals surface area contributed by atoms with E-state index in [1.54, 1.807) is 0 Å². The number of carboxylic acids is 1. The third kappa shape index (κ3) is 2.05. The Labute approximate surface area is 99.4 Å². The van der Waals surface area contributed by atoms with Crippen LogP contribution in [0, 0.1) is 15.9 Å². The summed E-state index contributed by atoms with van der Waals surface area (Å²) in [4.78, 5) is 20.4. The Hall–Kier alpha value is -2.70. The largest absolute Gasteiger partial charge is 0.542 e. The van der Waals surface area contributed by atoms with Gasteiger partial charge >= 0.3 is 0 Å². The summed E-state index contributed by atoms with van der Waals surface area (Å²) in [5, 5.41) is 21.1. The summed E-state index contributed by atoms with van der Waals surface area (Å²) >= 11 is 0. The van der Waals surface area contributed by atoms with Crippen LogP contribution in [-0.4, -0.2) is 10.9 Å². The number of rotatable bonds is 3. The lowest BCUT2D eigenvalue weighted by molar-refractivity contribution is -0.384. The molecule has 18 heavy (non-hydrogen) atoms. The second-order valence-electron chi connectivity index (χ2n) is 3.37. The van der Waals surface area contributed by atoms with Crippen molar-refractivity contribution < 1.29 is 23.6 Å². The summed E-state index contributed by atoms with van der Waals surface area (Å²) in [6, 6.07) is 5.17. The maximum Gasteiger partial charge on any atom is 0.270 e. The van der Waals surface area contributed by atoms with Gasteiger partial charge in [0.1, 0.15) is 23.3 Å². The number of benzene rings is 1. The average molecular weight is 250 g/mol. The maximum atomic E-state index is 13.5. The number of nitrogens with zero attached hydrogens (tertiary/aromatic N) is 1. The Morgan fingerprint density at radius 3 is 2.56 bits per heavy atom. The number of carboxylic acid groups (broad SMARTS) is 1. The van der Waals surface area contributed by atoms with Crippen molar-refractivity contribution in [1.29, 1.82) is 0 Å². The van der Waals surface area contributed by atoms with Gasteiger partial charge in [-0.05, 0) is 18.2 Å². The highest BCUT2D eigenvalue weighted by atomic mass is 19.1. The Kier molecular flexibility index (Phi) is 2.80. The van der Waals surface area contributed by atoms with Crippen LogP contribution < -0.4 is 5.11 Å². The van der Waals surface area contributed by atoms with E-state index in [-0.39, 0.29) is 17.0 Å². The molecule has 0 amide bonds. The zero-order valence-electron chi connectivity index (χ0n) is 8.75. The summed E-state index contributed by atoms with van der Waals surface area (Å²) in [6.07, 6.45) is 0. The third-order valence-corrected chi connectivity index (χ3v) is 2.23. The van der Waals surface area contributed by atoms with E-state index in [0.29, 0.717) is 0 Å². The van der Waals surface area contributed by atoms with E-state index in [0.717, 1.165) is 24.3 Å². The minimum atomic E-state index is -1.55. The van der Waals surface area contributed by atoms with Crippen LogP contribution in [0.5, 0.6) is 0 Å². The highest BCUT2D eigenvalue weighted by molar-refractivity contribution is 5.83. The molecule has 7 heteroatoms. The molecular formula is C11H5FNO5-. The fraction of sp³-hybridized carbons (Fsp3) is 0. The molecule has 0 aliphatic carbocycles. The molecule has 0 unspecified atom stereocenters. The van der Waals surface area contributed by atoms with Crippen molar-refractivity contribution in [3.05, 3.63) is 52.0 Å². The van der Waals surface area contributed by atoms with Crippen molar-refractivity contribution >= 4 is 11.7 Å². The highest BCUT2D eigenvalue weighted by Crippen LogP contribution is 2.28. The van der Waals surface area contributed by atoms with E-state index in [2.05, 4.69) is 0 Å². The summed E-state index contributed by atoms with van der Waals surface area (Å²) in [7, 11) is 0. The quantitative estimate of drug-likeness (QED) is 0.605. The SMILES string of the molecule is O=C([O-])c1ccc(-c2cc([N+](=O)[O-])ccc2F)o1. The van der Waals surface area contributed by atoms with Crippen LogP contribution in [0.2, 0.25) is 0 Å².